The lowest BCUT2D eigenvalue weighted by molar-refractivity contribution is -0.122. The van der Waals surface area contributed by atoms with Gasteiger partial charge in [0.25, 0.3) is 0 Å². The van der Waals surface area contributed by atoms with E-state index in [1.807, 2.05) is 27.0 Å². The Morgan fingerprint density at radius 2 is 2.09 bits per heavy atom. The van der Waals surface area contributed by atoms with Crippen LogP contribution in [0.1, 0.15) is 45.1 Å². The molecule has 0 radical (unpaired) electrons. The Bertz CT molecular complexity index is 650. The van der Waals surface area contributed by atoms with Crippen molar-refractivity contribution in [2.45, 2.75) is 58.7 Å². The normalized spacial score (nSPS) is 15.5. The number of nitrogens with one attached hydrogen (secondary N) is 1. The number of aromatic nitrogens is 2. The molecule has 0 spiro atoms. The predicted octanol–water partition coefficient (Wildman–Crippen LogP) is 0.896. The largest absolute Gasteiger partial charge is 0.350 e. The Balaban J connectivity index is 2.10. The van der Waals surface area contributed by atoms with Crippen molar-refractivity contribution < 1.29 is 13.2 Å². The van der Waals surface area contributed by atoms with E-state index in [0.29, 0.717) is 5.69 Å². The molecule has 0 aromatic carbocycles. The molecule has 0 atom stereocenters. The molecule has 0 saturated heterocycles. The second kappa shape index (κ2) is 6.60. The third-order valence-electron chi connectivity index (χ3n) is 3.60. The second-order valence-corrected chi connectivity index (χ2v) is 9.11. The van der Waals surface area contributed by atoms with Crippen LogP contribution in [0.4, 0.5) is 0 Å². The fraction of sp³-hybridized carbons (Fsp3) is 0.733. The summed E-state index contributed by atoms with van der Waals surface area (Å²) in [7, 11) is -3.49. The molecule has 0 saturated carbocycles. The molecule has 7 nitrogen and oxygen atoms in total. The minimum atomic E-state index is -3.49. The van der Waals surface area contributed by atoms with Crippen molar-refractivity contribution in [3.8, 4) is 0 Å². The Hall–Kier alpha value is -1.41. The number of carbonyl (C=O) groups is 1. The fourth-order valence-electron chi connectivity index (χ4n) is 2.64. The molecule has 1 aliphatic heterocycles. The van der Waals surface area contributed by atoms with E-state index in [1.165, 1.54) is 4.31 Å². The summed E-state index contributed by atoms with van der Waals surface area (Å²) in [6.07, 6.45) is 6.16. The molecule has 8 heteroatoms. The summed E-state index contributed by atoms with van der Waals surface area (Å²) in [4.78, 5) is 16.6. The number of imidazole rings is 1. The summed E-state index contributed by atoms with van der Waals surface area (Å²) in [6.45, 7) is 6.43. The van der Waals surface area contributed by atoms with Crippen LogP contribution in [0.3, 0.4) is 0 Å². The van der Waals surface area contributed by atoms with Crippen molar-refractivity contribution in [1.82, 2.24) is 19.2 Å². The molecule has 2 rings (SSSR count). The Morgan fingerprint density at radius 3 is 2.65 bits per heavy atom. The first kappa shape index (κ1) is 17.9. The highest BCUT2D eigenvalue weighted by atomic mass is 32.2. The van der Waals surface area contributed by atoms with Crippen LogP contribution in [-0.4, -0.2) is 46.5 Å². The van der Waals surface area contributed by atoms with Crippen LogP contribution in [-0.2, 0) is 34.3 Å². The molecule has 1 amide bonds. The first-order valence-electron chi connectivity index (χ1n) is 7.86. The van der Waals surface area contributed by atoms with E-state index in [1.54, 1.807) is 0 Å². The molecular formula is C15H26N4O3S. The molecule has 23 heavy (non-hydrogen) atoms. The van der Waals surface area contributed by atoms with E-state index in [0.717, 1.165) is 37.9 Å². The number of hydrogen-bond acceptors (Lipinski definition) is 4. The lowest BCUT2D eigenvalue weighted by Gasteiger charge is -2.24. The van der Waals surface area contributed by atoms with Crippen molar-refractivity contribution in [1.29, 1.82) is 0 Å². The monoisotopic (exact) mass is 342 g/mol. The average Bonchev–Trinajstić information content (AvgIpc) is 2.76. The molecule has 1 aliphatic rings. The van der Waals surface area contributed by atoms with Crippen LogP contribution < -0.4 is 5.32 Å². The number of rotatable bonds is 5. The minimum Gasteiger partial charge on any atom is -0.350 e. The fourth-order valence-corrected chi connectivity index (χ4v) is 3.36. The predicted molar refractivity (Wildman–Crippen MR) is 88.3 cm³/mol. The van der Waals surface area contributed by atoms with Gasteiger partial charge in [0.15, 0.2) is 0 Å². The summed E-state index contributed by atoms with van der Waals surface area (Å²) in [5.74, 6) is 0.686. The van der Waals surface area contributed by atoms with Gasteiger partial charge in [-0.3, -0.25) is 4.79 Å². The number of fused-ring (bicyclic) bond motifs is 1. The molecule has 1 aromatic heterocycles. The standard InChI is InChI=1S/C15H26N4O3S/c1-15(2,3)17-14(20)11-19(23(4,21)22)10-12-9-18-8-6-5-7-13(18)16-12/h9H,5-8,10-11H2,1-4H3,(H,17,20). The quantitative estimate of drug-likeness (QED) is 0.861. The molecule has 2 heterocycles. The van der Waals surface area contributed by atoms with E-state index in [-0.39, 0.29) is 19.0 Å². The number of nitrogens with zero attached hydrogens (tertiary/aromatic N) is 3. The number of carbonyl (C=O) groups excluding carboxylic acids is 1. The maximum Gasteiger partial charge on any atom is 0.235 e. The van der Waals surface area contributed by atoms with Gasteiger partial charge in [-0.15, -0.1) is 0 Å². The molecule has 1 N–H and O–H groups in total. The Labute approximate surface area is 138 Å². The molecule has 1 aromatic rings. The van der Waals surface area contributed by atoms with Gasteiger partial charge in [0.1, 0.15) is 5.82 Å². The minimum absolute atomic E-state index is 0.121. The van der Waals surface area contributed by atoms with E-state index in [2.05, 4.69) is 14.9 Å². The summed E-state index contributed by atoms with van der Waals surface area (Å²) in [5, 5.41) is 2.79. The third kappa shape index (κ3) is 5.31. The van der Waals surface area contributed by atoms with Crippen molar-refractivity contribution in [2.24, 2.45) is 0 Å². The van der Waals surface area contributed by atoms with Gasteiger partial charge in [0.2, 0.25) is 15.9 Å². The maximum absolute atomic E-state index is 12.1. The van der Waals surface area contributed by atoms with Crippen molar-refractivity contribution in [3.63, 3.8) is 0 Å². The average molecular weight is 342 g/mol. The third-order valence-corrected chi connectivity index (χ3v) is 4.80. The molecule has 0 aliphatic carbocycles. The SMILES string of the molecule is CC(C)(C)NC(=O)CN(Cc1cn2c(n1)CCCC2)S(C)(=O)=O. The number of sulfonamides is 1. The van der Waals surface area contributed by atoms with E-state index >= 15 is 0 Å². The lowest BCUT2D eigenvalue weighted by Crippen LogP contribution is -2.46. The summed E-state index contributed by atoms with van der Waals surface area (Å²) < 4.78 is 27.2. The zero-order chi connectivity index (χ0) is 17.3. The molecule has 0 fully saturated rings. The second-order valence-electron chi connectivity index (χ2n) is 7.13. The first-order chi connectivity index (χ1) is 10.5. The van der Waals surface area contributed by atoms with Gasteiger partial charge < -0.3 is 9.88 Å². The smallest absolute Gasteiger partial charge is 0.235 e. The van der Waals surface area contributed by atoms with Gasteiger partial charge in [0, 0.05) is 24.7 Å². The Morgan fingerprint density at radius 1 is 1.39 bits per heavy atom. The Kier molecular flexibility index (Phi) is 5.15. The maximum atomic E-state index is 12.1. The topological polar surface area (TPSA) is 84.3 Å². The van der Waals surface area contributed by atoms with Crippen molar-refractivity contribution in [2.75, 3.05) is 12.8 Å². The van der Waals surface area contributed by atoms with Crippen LogP contribution in [0.5, 0.6) is 0 Å². The summed E-state index contributed by atoms with van der Waals surface area (Å²) in [6, 6.07) is 0. The highest BCUT2D eigenvalue weighted by Gasteiger charge is 2.24. The lowest BCUT2D eigenvalue weighted by atomic mass is 10.1. The molecule has 130 valence electrons. The number of aryl methyl sites for hydroxylation is 2. The summed E-state index contributed by atoms with van der Waals surface area (Å²) >= 11 is 0. The highest BCUT2D eigenvalue weighted by Crippen LogP contribution is 2.16. The van der Waals surface area contributed by atoms with Crippen molar-refractivity contribution in [3.05, 3.63) is 17.7 Å². The van der Waals surface area contributed by atoms with Gasteiger partial charge in [0.05, 0.1) is 25.0 Å². The van der Waals surface area contributed by atoms with Crippen LogP contribution in [0.25, 0.3) is 0 Å². The number of hydrogen-bond donors (Lipinski definition) is 1. The first-order valence-corrected chi connectivity index (χ1v) is 9.70. The zero-order valence-corrected chi connectivity index (χ0v) is 15.1. The van der Waals surface area contributed by atoms with Gasteiger partial charge in [-0.2, -0.15) is 4.31 Å². The van der Waals surface area contributed by atoms with Crippen LogP contribution in [0.15, 0.2) is 6.20 Å². The zero-order valence-electron chi connectivity index (χ0n) is 14.3. The number of amides is 1. The van der Waals surface area contributed by atoms with Gasteiger partial charge >= 0.3 is 0 Å². The molecular weight excluding hydrogens is 316 g/mol. The van der Waals surface area contributed by atoms with Crippen molar-refractivity contribution >= 4 is 15.9 Å². The van der Waals surface area contributed by atoms with Crippen LogP contribution >= 0.6 is 0 Å². The van der Waals surface area contributed by atoms with E-state index in [4.69, 9.17) is 0 Å². The van der Waals surface area contributed by atoms with E-state index < -0.39 is 15.6 Å². The summed E-state index contributed by atoms with van der Waals surface area (Å²) in [5.41, 5.74) is 0.296. The molecule has 0 bridgehead atoms. The van der Waals surface area contributed by atoms with E-state index in [9.17, 15) is 13.2 Å². The van der Waals surface area contributed by atoms with Crippen LogP contribution in [0.2, 0.25) is 0 Å². The van der Waals surface area contributed by atoms with Gasteiger partial charge in [-0.25, -0.2) is 13.4 Å². The van der Waals surface area contributed by atoms with Gasteiger partial charge in [-0.05, 0) is 33.6 Å². The van der Waals surface area contributed by atoms with Crippen LogP contribution in [0, 0.1) is 0 Å². The highest BCUT2D eigenvalue weighted by molar-refractivity contribution is 7.88. The molecule has 0 unspecified atom stereocenters. The van der Waals surface area contributed by atoms with Gasteiger partial charge in [-0.1, -0.05) is 0 Å².